The molecule has 2 rings (SSSR count). The minimum atomic E-state index is 0.0581. The lowest BCUT2D eigenvalue weighted by atomic mass is 9.91. The first-order valence-corrected chi connectivity index (χ1v) is 5.15. The number of imidazole rings is 1. The third-order valence-corrected chi connectivity index (χ3v) is 2.63. The number of nitrogen functional groups attached to an aromatic ring is 1. The first-order valence-electron chi connectivity index (χ1n) is 5.15. The standard InChI is InChI=1S/C12H17N3/c1-8-10(12(2,3)4)14-11-9(13)6-5-7-15(8)11/h5-7H,13H2,1-4H3. The molecule has 2 heterocycles. The van der Waals surface area contributed by atoms with E-state index in [1.165, 1.54) is 5.69 Å². The van der Waals surface area contributed by atoms with E-state index in [2.05, 4.69) is 37.1 Å². The van der Waals surface area contributed by atoms with E-state index >= 15 is 0 Å². The number of aromatic nitrogens is 2. The fourth-order valence-corrected chi connectivity index (χ4v) is 1.92. The summed E-state index contributed by atoms with van der Waals surface area (Å²) in [5, 5.41) is 0. The Kier molecular flexibility index (Phi) is 2.00. The molecule has 0 aliphatic heterocycles. The van der Waals surface area contributed by atoms with Crippen molar-refractivity contribution in [3.05, 3.63) is 29.7 Å². The van der Waals surface area contributed by atoms with Crippen molar-refractivity contribution in [1.29, 1.82) is 0 Å². The molecule has 0 fully saturated rings. The van der Waals surface area contributed by atoms with Crippen LogP contribution in [0.15, 0.2) is 18.3 Å². The normalized spacial score (nSPS) is 12.3. The Balaban J connectivity index is 2.81. The molecule has 2 N–H and O–H groups in total. The van der Waals surface area contributed by atoms with Crippen molar-refractivity contribution < 1.29 is 0 Å². The maximum absolute atomic E-state index is 5.90. The highest BCUT2D eigenvalue weighted by atomic mass is 15.0. The highest BCUT2D eigenvalue weighted by molar-refractivity contribution is 5.65. The molecule has 80 valence electrons. The summed E-state index contributed by atoms with van der Waals surface area (Å²) in [6.45, 7) is 8.58. The summed E-state index contributed by atoms with van der Waals surface area (Å²) in [4.78, 5) is 4.62. The van der Waals surface area contributed by atoms with Gasteiger partial charge in [-0.3, -0.25) is 0 Å². The van der Waals surface area contributed by atoms with Gasteiger partial charge in [0.15, 0.2) is 5.65 Å². The highest BCUT2D eigenvalue weighted by Gasteiger charge is 2.21. The van der Waals surface area contributed by atoms with Gasteiger partial charge in [0.25, 0.3) is 0 Å². The predicted molar refractivity (Wildman–Crippen MR) is 63.0 cm³/mol. The number of hydrogen-bond donors (Lipinski definition) is 1. The fraction of sp³-hybridized carbons (Fsp3) is 0.417. The molecule has 2 aromatic heterocycles. The Hall–Kier alpha value is -1.51. The molecule has 0 aliphatic rings. The quantitative estimate of drug-likeness (QED) is 0.715. The number of nitrogens with two attached hydrogens (primary N) is 1. The average Bonchev–Trinajstić information content (AvgIpc) is 2.45. The van der Waals surface area contributed by atoms with Crippen LogP contribution in [0.1, 0.15) is 32.2 Å². The van der Waals surface area contributed by atoms with Crippen LogP contribution in [0.4, 0.5) is 5.69 Å². The van der Waals surface area contributed by atoms with Crippen molar-refractivity contribution in [3.8, 4) is 0 Å². The molecule has 15 heavy (non-hydrogen) atoms. The lowest BCUT2D eigenvalue weighted by Gasteiger charge is -2.16. The molecule has 0 saturated carbocycles. The van der Waals surface area contributed by atoms with Gasteiger partial charge >= 0.3 is 0 Å². The smallest absolute Gasteiger partial charge is 0.160 e. The molecule has 0 aromatic carbocycles. The topological polar surface area (TPSA) is 43.3 Å². The Morgan fingerprint density at radius 2 is 2.00 bits per heavy atom. The zero-order valence-corrected chi connectivity index (χ0v) is 9.70. The lowest BCUT2D eigenvalue weighted by molar-refractivity contribution is 0.568. The minimum Gasteiger partial charge on any atom is -0.396 e. The second-order valence-corrected chi connectivity index (χ2v) is 4.95. The van der Waals surface area contributed by atoms with E-state index in [0.717, 1.165) is 17.0 Å². The van der Waals surface area contributed by atoms with Crippen molar-refractivity contribution in [3.63, 3.8) is 0 Å². The van der Waals surface area contributed by atoms with E-state index in [1.54, 1.807) is 0 Å². The van der Waals surface area contributed by atoms with Gasteiger partial charge in [-0.1, -0.05) is 20.8 Å². The predicted octanol–water partition coefficient (Wildman–Crippen LogP) is 2.52. The van der Waals surface area contributed by atoms with Crippen molar-refractivity contribution in [2.75, 3.05) is 5.73 Å². The molecule has 0 atom stereocenters. The zero-order chi connectivity index (χ0) is 11.2. The maximum Gasteiger partial charge on any atom is 0.160 e. The summed E-state index contributed by atoms with van der Waals surface area (Å²) < 4.78 is 2.05. The van der Waals surface area contributed by atoms with Gasteiger partial charge in [0.2, 0.25) is 0 Å². The molecule has 0 radical (unpaired) electrons. The van der Waals surface area contributed by atoms with Crippen LogP contribution < -0.4 is 5.73 Å². The van der Waals surface area contributed by atoms with Gasteiger partial charge in [-0.2, -0.15) is 0 Å². The number of hydrogen-bond acceptors (Lipinski definition) is 2. The first-order chi connectivity index (χ1) is 6.91. The molecule has 0 amide bonds. The van der Waals surface area contributed by atoms with E-state index < -0.39 is 0 Å². The summed E-state index contributed by atoms with van der Waals surface area (Å²) >= 11 is 0. The third kappa shape index (κ3) is 1.48. The van der Waals surface area contributed by atoms with E-state index in [4.69, 9.17) is 5.73 Å². The molecule has 2 aromatic rings. The van der Waals surface area contributed by atoms with Gasteiger partial charge in [0.05, 0.1) is 11.4 Å². The van der Waals surface area contributed by atoms with E-state index in [-0.39, 0.29) is 5.41 Å². The van der Waals surface area contributed by atoms with Crippen molar-refractivity contribution in [2.24, 2.45) is 0 Å². The second-order valence-electron chi connectivity index (χ2n) is 4.95. The maximum atomic E-state index is 5.90. The Morgan fingerprint density at radius 3 is 2.53 bits per heavy atom. The summed E-state index contributed by atoms with van der Waals surface area (Å²) in [6, 6.07) is 3.83. The second kappa shape index (κ2) is 2.99. The average molecular weight is 203 g/mol. The monoisotopic (exact) mass is 203 g/mol. The third-order valence-electron chi connectivity index (χ3n) is 2.63. The van der Waals surface area contributed by atoms with Crippen molar-refractivity contribution in [1.82, 2.24) is 9.38 Å². The van der Waals surface area contributed by atoms with Gasteiger partial charge in [0.1, 0.15) is 0 Å². The summed E-state index contributed by atoms with van der Waals surface area (Å²) in [7, 11) is 0. The molecule has 0 spiro atoms. The summed E-state index contributed by atoms with van der Waals surface area (Å²) in [6.07, 6.45) is 2.00. The van der Waals surface area contributed by atoms with Crippen LogP contribution in [0.2, 0.25) is 0 Å². The van der Waals surface area contributed by atoms with Gasteiger partial charge in [0, 0.05) is 17.3 Å². The summed E-state index contributed by atoms with van der Waals surface area (Å²) in [5.41, 5.74) is 9.83. The number of fused-ring (bicyclic) bond motifs is 1. The van der Waals surface area contributed by atoms with Crippen molar-refractivity contribution in [2.45, 2.75) is 33.1 Å². The van der Waals surface area contributed by atoms with E-state index in [1.807, 2.05) is 18.3 Å². The number of nitrogens with zero attached hydrogens (tertiary/aromatic N) is 2. The number of aryl methyl sites for hydroxylation is 1. The van der Waals surface area contributed by atoms with Crippen LogP contribution in [-0.4, -0.2) is 9.38 Å². The van der Waals surface area contributed by atoms with Crippen LogP contribution in [0, 0.1) is 6.92 Å². The molecular formula is C12H17N3. The van der Waals surface area contributed by atoms with Crippen LogP contribution in [-0.2, 0) is 5.41 Å². The number of anilines is 1. The van der Waals surface area contributed by atoms with Crippen LogP contribution in [0.25, 0.3) is 5.65 Å². The largest absolute Gasteiger partial charge is 0.396 e. The number of rotatable bonds is 0. The van der Waals surface area contributed by atoms with Crippen molar-refractivity contribution >= 4 is 11.3 Å². The molecule has 0 bridgehead atoms. The van der Waals surface area contributed by atoms with E-state index in [9.17, 15) is 0 Å². The molecule has 0 unspecified atom stereocenters. The van der Waals surface area contributed by atoms with Gasteiger partial charge in [-0.05, 0) is 19.1 Å². The van der Waals surface area contributed by atoms with E-state index in [0.29, 0.717) is 0 Å². The zero-order valence-electron chi connectivity index (χ0n) is 9.70. The molecule has 3 heteroatoms. The fourth-order valence-electron chi connectivity index (χ4n) is 1.92. The minimum absolute atomic E-state index is 0.0581. The lowest BCUT2D eigenvalue weighted by Crippen LogP contribution is -2.13. The van der Waals surface area contributed by atoms with Gasteiger partial charge < -0.3 is 10.1 Å². The first kappa shape index (κ1) is 10.0. The number of pyridine rings is 1. The highest BCUT2D eigenvalue weighted by Crippen LogP contribution is 2.27. The molecule has 0 saturated heterocycles. The molecule has 3 nitrogen and oxygen atoms in total. The SMILES string of the molecule is Cc1c(C(C)(C)C)nc2c(N)cccn12. The van der Waals surface area contributed by atoms with Gasteiger partial charge in [-0.25, -0.2) is 4.98 Å². The Labute approximate surface area is 89.9 Å². The van der Waals surface area contributed by atoms with Crippen LogP contribution in [0.3, 0.4) is 0 Å². The summed E-state index contributed by atoms with van der Waals surface area (Å²) in [5.74, 6) is 0. The van der Waals surface area contributed by atoms with Gasteiger partial charge in [-0.15, -0.1) is 0 Å². The Bertz CT molecular complexity index is 503. The molecule has 0 aliphatic carbocycles. The van der Waals surface area contributed by atoms with Crippen LogP contribution >= 0.6 is 0 Å². The molecular weight excluding hydrogens is 186 g/mol. The van der Waals surface area contributed by atoms with Crippen LogP contribution in [0.5, 0.6) is 0 Å². The Morgan fingerprint density at radius 1 is 1.33 bits per heavy atom.